The van der Waals surface area contributed by atoms with Crippen molar-refractivity contribution in [1.29, 1.82) is 0 Å². The Morgan fingerprint density at radius 3 is 2.56 bits per heavy atom. The number of rotatable bonds is 7. The molecule has 5 heteroatoms. The van der Waals surface area contributed by atoms with Gasteiger partial charge in [-0.3, -0.25) is 9.59 Å². The number of benzene rings is 2. The Bertz CT molecular complexity index is 886. The molecule has 0 atom stereocenters. The number of aromatic amines is 1. The molecule has 0 bridgehead atoms. The van der Waals surface area contributed by atoms with Crippen LogP contribution in [0.2, 0.25) is 0 Å². The monoisotopic (exact) mass is 353 g/mol. The highest BCUT2D eigenvalue weighted by atomic mass is 32.2. The molecule has 0 radical (unpaired) electrons. The van der Waals surface area contributed by atoms with E-state index in [9.17, 15) is 9.59 Å². The molecule has 0 saturated heterocycles. The van der Waals surface area contributed by atoms with Crippen molar-refractivity contribution < 1.29 is 14.3 Å². The van der Waals surface area contributed by atoms with Crippen LogP contribution in [-0.2, 0) is 9.53 Å². The van der Waals surface area contributed by atoms with Crippen molar-refractivity contribution in [2.45, 2.75) is 18.2 Å². The first-order valence-corrected chi connectivity index (χ1v) is 9.07. The average Bonchev–Trinajstić information content (AvgIpc) is 2.96. The normalized spacial score (nSPS) is 10.8. The molecule has 0 saturated carbocycles. The van der Waals surface area contributed by atoms with Gasteiger partial charge in [0.15, 0.2) is 6.61 Å². The van der Waals surface area contributed by atoms with Crippen molar-refractivity contribution in [1.82, 2.24) is 4.98 Å². The lowest BCUT2D eigenvalue weighted by molar-refractivity contribution is -0.141. The Kier molecular flexibility index (Phi) is 5.56. The number of thioether (sulfide) groups is 1. The van der Waals surface area contributed by atoms with Crippen LogP contribution in [0, 0.1) is 6.92 Å². The first kappa shape index (κ1) is 17.3. The lowest BCUT2D eigenvalue weighted by atomic mass is 10.1. The predicted molar refractivity (Wildman–Crippen MR) is 100 cm³/mol. The van der Waals surface area contributed by atoms with E-state index in [1.54, 1.807) is 11.8 Å². The van der Waals surface area contributed by atoms with Crippen molar-refractivity contribution >= 4 is 34.4 Å². The smallest absolute Gasteiger partial charge is 0.307 e. The molecule has 0 aliphatic rings. The Morgan fingerprint density at radius 2 is 1.76 bits per heavy atom. The fourth-order valence-electron chi connectivity index (χ4n) is 2.70. The minimum Gasteiger partial charge on any atom is -0.457 e. The Labute approximate surface area is 150 Å². The summed E-state index contributed by atoms with van der Waals surface area (Å²) in [6.07, 6.45) is 0.277. The van der Waals surface area contributed by atoms with E-state index >= 15 is 0 Å². The molecule has 0 spiro atoms. The molecule has 0 aliphatic heterocycles. The first-order chi connectivity index (χ1) is 12.1. The number of aromatic nitrogens is 1. The number of aryl methyl sites for hydroxylation is 1. The molecule has 0 aliphatic carbocycles. The highest BCUT2D eigenvalue weighted by molar-refractivity contribution is 7.99. The predicted octanol–water partition coefficient (Wildman–Crippen LogP) is 4.38. The van der Waals surface area contributed by atoms with Gasteiger partial charge in [-0.2, -0.15) is 0 Å². The van der Waals surface area contributed by atoms with E-state index in [1.807, 2.05) is 61.5 Å². The van der Waals surface area contributed by atoms with E-state index in [0.29, 0.717) is 11.3 Å². The lowest BCUT2D eigenvalue weighted by Gasteiger charge is -2.05. The molecule has 4 nitrogen and oxygen atoms in total. The van der Waals surface area contributed by atoms with Crippen LogP contribution >= 0.6 is 11.8 Å². The number of carbonyl (C=O) groups excluding carboxylic acids is 2. The summed E-state index contributed by atoms with van der Waals surface area (Å²) in [5.41, 5.74) is 2.30. The van der Waals surface area contributed by atoms with Crippen LogP contribution in [0.25, 0.3) is 10.9 Å². The van der Waals surface area contributed by atoms with Gasteiger partial charge >= 0.3 is 5.97 Å². The number of para-hydroxylation sites is 1. The van der Waals surface area contributed by atoms with E-state index in [0.717, 1.165) is 21.5 Å². The van der Waals surface area contributed by atoms with Gasteiger partial charge in [-0.25, -0.2) is 0 Å². The summed E-state index contributed by atoms with van der Waals surface area (Å²) in [6.45, 7) is 1.63. The number of ether oxygens (including phenoxy) is 1. The fourth-order valence-corrected chi connectivity index (χ4v) is 3.55. The van der Waals surface area contributed by atoms with E-state index in [4.69, 9.17) is 4.74 Å². The number of Topliss-reactive ketones (excluding diaryl/α,β-unsaturated/α-hetero) is 1. The van der Waals surface area contributed by atoms with E-state index in [-0.39, 0.29) is 24.8 Å². The van der Waals surface area contributed by atoms with Gasteiger partial charge in [-0.05, 0) is 25.1 Å². The average molecular weight is 353 g/mol. The quantitative estimate of drug-likeness (QED) is 0.389. The van der Waals surface area contributed by atoms with Crippen LogP contribution in [0.15, 0.2) is 59.5 Å². The molecule has 0 fully saturated rings. The number of nitrogens with one attached hydrogen (secondary N) is 1. The van der Waals surface area contributed by atoms with Gasteiger partial charge in [0.2, 0.25) is 5.78 Å². The SMILES string of the molecule is Cc1[nH]c2ccccc2c1C(=O)COC(=O)CCSc1ccccc1. The molecule has 128 valence electrons. The number of ketones is 1. The molecule has 1 heterocycles. The van der Waals surface area contributed by atoms with Crippen molar-refractivity contribution in [2.24, 2.45) is 0 Å². The van der Waals surface area contributed by atoms with Gasteiger partial charge in [-0.15, -0.1) is 11.8 Å². The van der Waals surface area contributed by atoms with Crippen LogP contribution in [-0.4, -0.2) is 29.1 Å². The third-order valence-electron chi connectivity index (χ3n) is 3.85. The van der Waals surface area contributed by atoms with E-state index in [1.165, 1.54) is 0 Å². The van der Waals surface area contributed by atoms with Crippen LogP contribution in [0.1, 0.15) is 22.5 Å². The Hall–Kier alpha value is -2.53. The molecule has 1 aromatic heterocycles. The van der Waals surface area contributed by atoms with Crippen molar-refractivity contribution in [3.8, 4) is 0 Å². The third-order valence-corrected chi connectivity index (χ3v) is 4.87. The van der Waals surface area contributed by atoms with Crippen molar-refractivity contribution in [2.75, 3.05) is 12.4 Å². The molecular formula is C20H19NO3S. The van der Waals surface area contributed by atoms with Crippen LogP contribution in [0.5, 0.6) is 0 Å². The number of H-pyrrole nitrogens is 1. The molecular weight excluding hydrogens is 334 g/mol. The van der Waals surface area contributed by atoms with E-state index < -0.39 is 0 Å². The van der Waals surface area contributed by atoms with Gasteiger partial charge in [-0.1, -0.05) is 36.4 Å². The fraction of sp³-hybridized carbons (Fsp3) is 0.200. The number of hydrogen-bond acceptors (Lipinski definition) is 4. The molecule has 0 amide bonds. The number of fused-ring (bicyclic) bond motifs is 1. The Morgan fingerprint density at radius 1 is 1.04 bits per heavy atom. The van der Waals surface area contributed by atoms with Gasteiger partial charge < -0.3 is 9.72 Å². The summed E-state index contributed by atoms with van der Waals surface area (Å²) < 4.78 is 5.15. The molecule has 0 unspecified atom stereocenters. The zero-order valence-electron chi connectivity index (χ0n) is 14.0. The molecule has 3 rings (SSSR count). The van der Waals surface area contributed by atoms with Gasteiger partial charge in [0.05, 0.1) is 6.42 Å². The first-order valence-electron chi connectivity index (χ1n) is 8.09. The number of esters is 1. The van der Waals surface area contributed by atoms with Crippen molar-refractivity contribution in [3.63, 3.8) is 0 Å². The van der Waals surface area contributed by atoms with Crippen LogP contribution in [0.4, 0.5) is 0 Å². The van der Waals surface area contributed by atoms with Gasteiger partial charge in [0.25, 0.3) is 0 Å². The largest absolute Gasteiger partial charge is 0.457 e. The zero-order valence-corrected chi connectivity index (χ0v) is 14.8. The zero-order chi connectivity index (χ0) is 17.6. The third kappa shape index (κ3) is 4.31. The minimum absolute atomic E-state index is 0.181. The standard InChI is InChI=1S/C20H19NO3S/c1-14-20(16-9-5-6-10-17(16)21-14)18(22)13-24-19(23)11-12-25-15-7-3-2-4-8-15/h2-10,21H,11-13H2,1H3. The summed E-state index contributed by atoms with van der Waals surface area (Å²) in [7, 11) is 0. The molecule has 1 N–H and O–H groups in total. The summed E-state index contributed by atoms with van der Waals surface area (Å²) in [5, 5.41) is 0.862. The molecule has 25 heavy (non-hydrogen) atoms. The lowest BCUT2D eigenvalue weighted by Crippen LogP contribution is -2.15. The van der Waals surface area contributed by atoms with Crippen molar-refractivity contribution in [3.05, 3.63) is 65.9 Å². The van der Waals surface area contributed by atoms with E-state index in [2.05, 4.69) is 4.98 Å². The summed E-state index contributed by atoms with van der Waals surface area (Å²) >= 11 is 1.59. The second-order valence-electron chi connectivity index (χ2n) is 5.67. The molecule has 2 aromatic carbocycles. The highest BCUT2D eigenvalue weighted by Crippen LogP contribution is 2.22. The maximum absolute atomic E-state index is 12.4. The van der Waals surface area contributed by atoms with Gasteiger partial charge in [0, 0.05) is 32.8 Å². The summed E-state index contributed by atoms with van der Waals surface area (Å²) in [5.74, 6) is 0.0941. The maximum Gasteiger partial charge on any atom is 0.307 e. The summed E-state index contributed by atoms with van der Waals surface area (Å²) in [6, 6.07) is 17.5. The number of carbonyl (C=O) groups is 2. The Balaban J connectivity index is 1.51. The maximum atomic E-state index is 12.4. The number of hydrogen-bond donors (Lipinski definition) is 1. The van der Waals surface area contributed by atoms with Crippen LogP contribution in [0.3, 0.4) is 0 Å². The minimum atomic E-state index is -0.353. The second-order valence-corrected chi connectivity index (χ2v) is 6.83. The topological polar surface area (TPSA) is 59.2 Å². The highest BCUT2D eigenvalue weighted by Gasteiger charge is 2.17. The second kappa shape index (κ2) is 8.03. The van der Waals surface area contributed by atoms with Crippen LogP contribution < -0.4 is 0 Å². The molecule has 3 aromatic rings. The van der Waals surface area contributed by atoms with Gasteiger partial charge in [0.1, 0.15) is 0 Å². The summed E-state index contributed by atoms with van der Waals surface area (Å²) in [4.78, 5) is 28.6.